The van der Waals surface area contributed by atoms with Crippen LogP contribution in [0, 0.1) is 11.3 Å². The quantitative estimate of drug-likeness (QED) is 0.760. The second-order valence-electron chi connectivity index (χ2n) is 4.05. The summed E-state index contributed by atoms with van der Waals surface area (Å²) in [6.07, 6.45) is 1.76. The molecule has 0 atom stereocenters. The van der Waals surface area contributed by atoms with Crippen molar-refractivity contribution >= 4 is 39.0 Å². The Morgan fingerprint density at radius 2 is 2.25 bits per heavy atom. The first-order chi connectivity index (χ1) is 9.65. The number of H-pyrrole nitrogens is 1. The number of nitriles is 1. The summed E-state index contributed by atoms with van der Waals surface area (Å²) >= 11 is 2.86. The first-order valence-electron chi connectivity index (χ1n) is 5.65. The first kappa shape index (κ1) is 12.7. The number of aromatic nitrogens is 1. The van der Waals surface area contributed by atoms with Crippen molar-refractivity contribution in [1.82, 2.24) is 4.98 Å². The van der Waals surface area contributed by atoms with Crippen molar-refractivity contribution in [3.05, 3.63) is 44.9 Å². The van der Waals surface area contributed by atoms with Gasteiger partial charge in [0.1, 0.15) is 16.6 Å². The van der Waals surface area contributed by atoms with E-state index in [9.17, 15) is 9.90 Å². The second kappa shape index (κ2) is 4.63. The molecule has 0 aliphatic heterocycles. The minimum absolute atomic E-state index is 0.252. The van der Waals surface area contributed by atoms with Crippen LogP contribution in [0.15, 0.2) is 28.9 Å². The molecule has 6 heteroatoms. The Kier molecular flexibility index (Phi) is 2.93. The van der Waals surface area contributed by atoms with E-state index in [2.05, 4.69) is 11.6 Å². The highest BCUT2D eigenvalue weighted by molar-refractivity contribution is 7.19. The first-order valence-corrected chi connectivity index (χ1v) is 7.34. The van der Waals surface area contributed by atoms with Crippen LogP contribution in [-0.4, -0.2) is 10.1 Å². The lowest BCUT2D eigenvalue weighted by molar-refractivity contribution is 0.479. The molecular weight excluding hydrogens is 292 g/mol. The molecule has 0 amide bonds. The summed E-state index contributed by atoms with van der Waals surface area (Å²) in [5.74, 6) is -0.254. The SMILES string of the molecule is C=Cc1ccc(-c2csc3[nH]c(=O)c(C#N)c(O)c23)s1. The highest BCUT2D eigenvalue weighted by Crippen LogP contribution is 2.41. The maximum atomic E-state index is 11.6. The zero-order chi connectivity index (χ0) is 14.3. The minimum atomic E-state index is -0.566. The molecule has 0 aliphatic rings. The monoisotopic (exact) mass is 300 g/mol. The average Bonchev–Trinajstić information content (AvgIpc) is 3.04. The summed E-state index contributed by atoms with van der Waals surface area (Å²) in [6.45, 7) is 3.72. The molecule has 3 aromatic rings. The predicted molar refractivity (Wildman–Crippen MR) is 82.2 cm³/mol. The molecular formula is C14H8N2O2S2. The summed E-state index contributed by atoms with van der Waals surface area (Å²) < 4.78 is 0. The molecule has 4 nitrogen and oxygen atoms in total. The van der Waals surface area contributed by atoms with Crippen LogP contribution >= 0.6 is 22.7 Å². The van der Waals surface area contributed by atoms with E-state index in [-0.39, 0.29) is 11.3 Å². The molecule has 0 aromatic carbocycles. The van der Waals surface area contributed by atoms with Gasteiger partial charge in [0.15, 0.2) is 5.56 Å². The molecule has 0 fully saturated rings. The molecule has 2 N–H and O–H groups in total. The summed E-state index contributed by atoms with van der Waals surface area (Å²) in [5, 5.41) is 21.5. The third-order valence-electron chi connectivity index (χ3n) is 2.92. The summed E-state index contributed by atoms with van der Waals surface area (Å²) in [7, 11) is 0. The largest absolute Gasteiger partial charge is 0.506 e. The van der Waals surface area contributed by atoms with Crippen molar-refractivity contribution in [3.8, 4) is 22.3 Å². The number of aromatic hydroxyl groups is 1. The van der Waals surface area contributed by atoms with Crippen LogP contribution in [0.25, 0.3) is 26.7 Å². The topological polar surface area (TPSA) is 76.9 Å². The molecule has 0 saturated carbocycles. The number of rotatable bonds is 2. The maximum Gasteiger partial charge on any atom is 0.270 e. The van der Waals surface area contributed by atoms with E-state index in [1.165, 1.54) is 22.7 Å². The Balaban J connectivity index is 2.36. The molecule has 0 aliphatic carbocycles. The van der Waals surface area contributed by atoms with E-state index < -0.39 is 5.56 Å². The highest BCUT2D eigenvalue weighted by Gasteiger charge is 2.18. The fraction of sp³-hybridized carbons (Fsp3) is 0. The Hall–Kier alpha value is -2.36. The molecule has 3 rings (SSSR count). The van der Waals surface area contributed by atoms with Gasteiger partial charge in [-0.3, -0.25) is 4.79 Å². The number of fused-ring (bicyclic) bond motifs is 1. The van der Waals surface area contributed by atoms with Gasteiger partial charge in [-0.1, -0.05) is 12.7 Å². The molecule has 0 saturated heterocycles. The van der Waals surface area contributed by atoms with Crippen LogP contribution in [0.4, 0.5) is 0 Å². The molecule has 0 unspecified atom stereocenters. The van der Waals surface area contributed by atoms with Gasteiger partial charge in [-0.05, 0) is 12.1 Å². The van der Waals surface area contributed by atoms with E-state index in [0.29, 0.717) is 10.2 Å². The number of thiophene rings is 2. The number of hydrogen-bond donors (Lipinski definition) is 2. The van der Waals surface area contributed by atoms with Crippen molar-refractivity contribution in [2.75, 3.05) is 0 Å². The van der Waals surface area contributed by atoms with Crippen molar-refractivity contribution in [3.63, 3.8) is 0 Å². The number of aromatic amines is 1. The molecule has 3 aromatic heterocycles. The van der Waals surface area contributed by atoms with Gasteiger partial charge in [-0.2, -0.15) is 5.26 Å². The Bertz CT molecular complexity index is 925. The molecule has 3 heterocycles. The number of hydrogen-bond acceptors (Lipinski definition) is 5. The Morgan fingerprint density at radius 3 is 2.90 bits per heavy atom. The van der Waals surface area contributed by atoms with Gasteiger partial charge in [-0.25, -0.2) is 0 Å². The van der Waals surface area contributed by atoms with Crippen molar-refractivity contribution in [1.29, 1.82) is 5.26 Å². The average molecular weight is 300 g/mol. The van der Waals surface area contributed by atoms with Gasteiger partial charge >= 0.3 is 0 Å². The van der Waals surface area contributed by atoms with Crippen LogP contribution in [0.5, 0.6) is 5.75 Å². The smallest absolute Gasteiger partial charge is 0.270 e. The van der Waals surface area contributed by atoms with E-state index in [1.54, 1.807) is 12.1 Å². The highest BCUT2D eigenvalue weighted by atomic mass is 32.1. The predicted octanol–water partition coefficient (Wildman–Crippen LogP) is 3.54. The lowest BCUT2D eigenvalue weighted by Crippen LogP contribution is -2.09. The van der Waals surface area contributed by atoms with Gasteiger partial charge in [0.25, 0.3) is 5.56 Å². The van der Waals surface area contributed by atoms with E-state index in [1.807, 2.05) is 17.5 Å². The van der Waals surface area contributed by atoms with Gasteiger partial charge in [0, 0.05) is 20.7 Å². The van der Waals surface area contributed by atoms with Crippen molar-refractivity contribution in [2.24, 2.45) is 0 Å². The van der Waals surface area contributed by atoms with Crippen LogP contribution in [0.3, 0.4) is 0 Å². The van der Waals surface area contributed by atoms with Gasteiger partial charge < -0.3 is 10.1 Å². The Labute approximate surface area is 121 Å². The fourth-order valence-corrected chi connectivity index (χ4v) is 3.89. The van der Waals surface area contributed by atoms with Crippen LogP contribution in [0.2, 0.25) is 0 Å². The molecule has 0 bridgehead atoms. The standard InChI is InChI=1S/C14H8N2O2S2/c1-2-7-3-4-10(20-7)9-6-19-14-11(9)12(17)8(5-15)13(18)16-14/h2-4,6H,1H2,(H2,16,17,18). The third kappa shape index (κ3) is 1.76. The maximum absolute atomic E-state index is 11.6. The summed E-state index contributed by atoms with van der Waals surface area (Å²) in [5.41, 5.74) is -0.00476. The molecule has 0 radical (unpaired) electrons. The molecule has 20 heavy (non-hydrogen) atoms. The van der Waals surface area contributed by atoms with E-state index in [0.717, 1.165) is 15.3 Å². The lowest BCUT2D eigenvalue weighted by atomic mass is 10.1. The summed E-state index contributed by atoms with van der Waals surface area (Å²) in [6, 6.07) is 5.60. The van der Waals surface area contributed by atoms with E-state index in [4.69, 9.17) is 5.26 Å². The lowest BCUT2D eigenvalue weighted by Gasteiger charge is -2.00. The van der Waals surface area contributed by atoms with Crippen LogP contribution in [-0.2, 0) is 0 Å². The minimum Gasteiger partial charge on any atom is -0.506 e. The molecule has 98 valence electrons. The number of pyridine rings is 1. The number of nitrogens with one attached hydrogen (secondary N) is 1. The zero-order valence-electron chi connectivity index (χ0n) is 10.1. The second-order valence-corrected chi connectivity index (χ2v) is 6.04. The van der Waals surface area contributed by atoms with Crippen LogP contribution in [0.1, 0.15) is 10.4 Å². The van der Waals surface area contributed by atoms with Gasteiger partial charge in [-0.15, -0.1) is 22.7 Å². The number of nitrogens with zero attached hydrogens (tertiary/aromatic N) is 1. The fourth-order valence-electron chi connectivity index (χ4n) is 1.98. The third-order valence-corrected chi connectivity index (χ3v) is 4.93. The van der Waals surface area contributed by atoms with Gasteiger partial charge in [0.05, 0.1) is 5.39 Å². The van der Waals surface area contributed by atoms with Gasteiger partial charge in [0.2, 0.25) is 0 Å². The normalized spacial score (nSPS) is 10.6. The van der Waals surface area contributed by atoms with Crippen molar-refractivity contribution in [2.45, 2.75) is 0 Å². The van der Waals surface area contributed by atoms with Crippen molar-refractivity contribution < 1.29 is 5.11 Å². The molecule has 0 spiro atoms. The summed E-state index contributed by atoms with van der Waals surface area (Å²) in [4.78, 5) is 16.8. The Morgan fingerprint density at radius 1 is 1.45 bits per heavy atom. The van der Waals surface area contributed by atoms with E-state index >= 15 is 0 Å². The zero-order valence-corrected chi connectivity index (χ0v) is 11.8. The van der Waals surface area contributed by atoms with Crippen LogP contribution < -0.4 is 5.56 Å².